The summed E-state index contributed by atoms with van der Waals surface area (Å²) in [5, 5.41) is 0.303. The maximum Gasteiger partial charge on any atom is 0.192 e. The zero-order chi connectivity index (χ0) is 24.8. The molecule has 3 nitrogen and oxygen atoms in total. The second kappa shape index (κ2) is 11.4. The third-order valence-corrected chi connectivity index (χ3v) is 16.0. The number of Topliss-reactive ketones (excluding diaryl/α,β-unsaturated/α-hetero) is 1. The Morgan fingerprint density at radius 1 is 0.968 bits per heavy atom. The van der Waals surface area contributed by atoms with Crippen molar-refractivity contribution in [3.63, 3.8) is 0 Å². The van der Waals surface area contributed by atoms with E-state index in [1.165, 1.54) is 0 Å². The average Bonchev–Trinajstić information content (AvgIpc) is 2.61. The summed E-state index contributed by atoms with van der Waals surface area (Å²) in [6, 6.07) is 0. The molecule has 31 heavy (non-hydrogen) atoms. The minimum atomic E-state index is -1.98. The molecule has 0 saturated heterocycles. The first kappa shape index (κ1) is 30.2. The summed E-state index contributed by atoms with van der Waals surface area (Å²) < 4.78 is 12.8. The Bertz CT molecular complexity index is 661. The van der Waals surface area contributed by atoms with Crippen LogP contribution < -0.4 is 0 Å². The van der Waals surface area contributed by atoms with E-state index in [1.54, 1.807) is 6.08 Å². The first-order valence-electron chi connectivity index (χ1n) is 11.6. The van der Waals surface area contributed by atoms with E-state index in [2.05, 4.69) is 87.3 Å². The fourth-order valence-electron chi connectivity index (χ4n) is 2.46. The van der Waals surface area contributed by atoms with Gasteiger partial charge in [0.1, 0.15) is 0 Å². The molecule has 0 radical (unpaired) electrons. The maximum absolute atomic E-state index is 13.0. The van der Waals surface area contributed by atoms with E-state index in [0.717, 1.165) is 5.57 Å². The largest absolute Gasteiger partial charge is 0.416 e. The zero-order valence-corrected chi connectivity index (χ0v) is 24.7. The van der Waals surface area contributed by atoms with E-state index in [0.29, 0.717) is 12.5 Å². The molecule has 0 bridgehead atoms. The summed E-state index contributed by atoms with van der Waals surface area (Å²) >= 11 is 0. The molecular formula is C26H50O3Si2. The van der Waals surface area contributed by atoms with Gasteiger partial charge in [-0.25, -0.2) is 0 Å². The Morgan fingerprint density at radius 3 is 1.87 bits per heavy atom. The van der Waals surface area contributed by atoms with Crippen molar-refractivity contribution >= 4 is 22.4 Å². The van der Waals surface area contributed by atoms with E-state index in [9.17, 15) is 4.79 Å². The molecule has 180 valence electrons. The van der Waals surface area contributed by atoms with Gasteiger partial charge < -0.3 is 8.85 Å². The van der Waals surface area contributed by atoms with Gasteiger partial charge in [0.25, 0.3) is 0 Å². The van der Waals surface area contributed by atoms with Crippen molar-refractivity contribution in [1.29, 1.82) is 0 Å². The molecular weight excluding hydrogens is 416 g/mol. The summed E-state index contributed by atoms with van der Waals surface area (Å²) in [5.41, 5.74) is 0.743. The van der Waals surface area contributed by atoms with Gasteiger partial charge in [-0.1, -0.05) is 79.7 Å². The Balaban J connectivity index is 5.06. The summed E-state index contributed by atoms with van der Waals surface area (Å²) in [6.45, 7) is 33.0. The molecule has 0 aromatic rings. The smallest absolute Gasteiger partial charge is 0.192 e. The van der Waals surface area contributed by atoms with Crippen LogP contribution in [0.3, 0.4) is 0 Å². The number of carbonyl (C=O) groups excluding carboxylic acids is 1. The highest BCUT2D eigenvalue weighted by atomic mass is 28.4. The predicted octanol–water partition coefficient (Wildman–Crippen LogP) is 7.93. The molecule has 0 fully saturated rings. The molecule has 0 spiro atoms. The molecule has 0 aliphatic heterocycles. The van der Waals surface area contributed by atoms with Crippen LogP contribution in [0.5, 0.6) is 0 Å². The molecule has 0 unspecified atom stereocenters. The van der Waals surface area contributed by atoms with Gasteiger partial charge in [0.05, 0.1) is 6.10 Å². The van der Waals surface area contributed by atoms with Crippen LogP contribution in [0.15, 0.2) is 36.5 Å². The van der Waals surface area contributed by atoms with E-state index in [1.807, 2.05) is 26.0 Å². The van der Waals surface area contributed by atoms with Crippen molar-refractivity contribution in [2.45, 2.75) is 105 Å². The summed E-state index contributed by atoms with van der Waals surface area (Å²) in [6.07, 6.45) is 7.53. The summed E-state index contributed by atoms with van der Waals surface area (Å²) in [4.78, 5) is 13.0. The molecule has 0 aromatic carbocycles. The topological polar surface area (TPSA) is 35.5 Å². The fraction of sp³-hybridized carbons (Fsp3) is 0.731. The van der Waals surface area contributed by atoms with Crippen molar-refractivity contribution in [2.24, 2.45) is 11.8 Å². The maximum atomic E-state index is 13.0. The molecule has 0 heterocycles. The third kappa shape index (κ3) is 9.33. The number of hydrogen-bond acceptors (Lipinski definition) is 3. The molecule has 0 saturated carbocycles. The Hall–Kier alpha value is -0.756. The molecule has 0 aromatic heterocycles. The Kier molecular flexibility index (Phi) is 11.1. The molecule has 5 heteroatoms. The molecule has 0 N–H and O–H groups in total. The molecule has 0 amide bonds. The SMILES string of the molecule is C=C[C@@H](O[Si](C)(C)C(C)(C)C)[C@H](C)C(=O)/C(C)=C/C=C/[C@H](C)CO[Si](C)(C)C(C)(C)C. The van der Waals surface area contributed by atoms with Gasteiger partial charge in [-0.3, -0.25) is 4.79 Å². The first-order valence-corrected chi connectivity index (χ1v) is 17.4. The minimum Gasteiger partial charge on any atom is -0.416 e. The zero-order valence-electron chi connectivity index (χ0n) is 22.7. The highest BCUT2D eigenvalue weighted by Crippen LogP contribution is 2.38. The van der Waals surface area contributed by atoms with Crippen molar-refractivity contribution in [2.75, 3.05) is 6.61 Å². The highest BCUT2D eigenvalue weighted by molar-refractivity contribution is 6.74. The van der Waals surface area contributed by atoms with E-state index in [4.69, 9.17) is 8.85 Å². The number of carbonyl (C=O) groups is 1. The van der Waals surface area contributed by atoms with Gasteiger partial charge in [0.2, 0.25) is 0 Å². The van der Waals surface area contributed by atoms with Crippen molar-refractivity contribution in [3.05, 3.63) is 36.5 Å². The fourth-order valence-corrected chi connectivity index (χ4v) is 4.91. The lowest BCUT2D eigenvalue weighted by Gasteiger charge is -2.39. The Morgan fingerprint density at radius 2 is 1.45 bits per heavy atom. The van der Waals surface area contributed by atoms with Gasteiger partial charge >= 0.3 is 0 Å². The quantitative estimate of drug-likeness (QED) is 0.134. The van der Waals surface area contributed by atoms with Crippen LogP contribution in [0, 0.1) is 11.8 Å². The second-order valence-corrected chi connectivity index (χ2v) is 21.6. The van der Waals surface area contributed by atoms with E-state index >= 15 is 0 Å². The standard InChI is InChI=1S/C26H50O3Si2/c1-15-23(29-31(13,14)26(8,9)10)22(4)24(27)21(3)18-16-17-20(2)19-28-30(11,12)25(5,6)7/h15-18,20,22-23H,1,19H2,2-14H3/b17-16+,21-18+/t20-,22-,23+/m0/s1. The van der Waals surface area contributed by atoms with Crippen LogP contribution in [0.4, 0.5) is 0 Å². The monoisotopic (exact) mass is 466 g/mol. The van der Waals surface area contributed by atoms with E-state index < -0.39 is 16.6 Å². The predicted molar refractivity (Wildman–Crippen MR) is 142 cm³/mol. The van der Waals surface area contributed by atoms with Gasteiger partial charge in [0.15, 0.2) is 22.4 Å². The lowest BCUT2D eigenvalue weighted by atomic mass is 9.94. The first-order chi connectivity index (χ1) is 13.8. The summed E-state index contributed by atoms with van der Waals surface area (Å²) in [7, 11) is -3.71. The van der Waals surface area contributed by atoms with Crippen molar-refractivity contribution in [3.8, 4) is 0 Å². The number of ketones is 1. The minimum absolute atomic E-state index is 0.0905. The van der Waals surface area contributed by atoms with Crippen molar-refractivity contribution in [1.82, 2.24) is 0 Å². The Labute approximate surface area is 195 Å². The molecule has 0 aliphatic carbocycles. The second-order valence-electron chi connectivity index (χ2n) is 12.0. The van der Waals surface area contributed by atoms with Gasteiger partial charge in [0, 0.05) is 12.5 Å². The van der Waals surface area contributed by atoms with Crippen LogP contribution in [-0.4, -0.2) is 35.1 Å². The lowest BCUT2D eigenvalue weighted by Crippen LogP contribution is -2.46. The number of allylic oxidation sites excluding steroid dienone is 3. The molecule has 0 aliphatic rings. The number of rotatable bonds is 11. The third-order valence-electron chi connectivity index (χ3n) is 7.06. The van der Waals surface area contributed by atoms with Crippen LogP contribution in [0.1, 0.15) is 62.3 Å². The number of hydrogen-bond donors (Lipinski definition) is 0. The van der Waals surface area contributed by atoms with Crippen molar-refractivity contribution < 1.29 is 13.6 Å². The van der Waals surface area contributed by atoms with Gasteiger partial charge in [-0.15, -0.1) is 6.58 Å². The molecule has 3 atom stereocenters. The van der Waals surface area contributed by atoms with Gasteiger partial charge in [-0.05, 0) is 54.7 Å². The normalized spacial score (nSPS) is 17.5. The van der Waals surface area contributed by atoms with Crippen LogP contribution >= 0.6 is 0 Å². The summed E-state index contributed by atoms with van der Waals surface area (Å²) in [5.74, 6) is 0.155. The highest BCUT2D eigenvalue weighted by Gasteiger charge is 2.40. The van der Waals surface area contributed by atoms with Gasteiger partial charge in [-0.2, -0.15) is 0 Å². The lowest BCUT2D eigenvalue weighted by molar-refractivity contribution is -0.120. The van der Waals surface area contributed by atoms with E-state index in [-0.39, 0.29) is 27.9 Å². The molecule has 0 rings (SSSR count). The van der Waals surface area contributed by atoms with Crippen LogP contribution in [0.25, 0.3) is 0 Å². The average molecular weight is 467 g/mol. The van der Waals surface area contributed by atoms with Crippen LogP contribution in [0.2, 0.25) is 36.3 Å². The van der Waals surface area contributed by atoms with Crippen LogP contribution in [-0.2, 0) is 13.6 Å².